The van der Waals surface area contributed by atoms with Crippen LogP contribution in [0.5, 0.6) is 5.75 Å². The summed E-state index contributed by atoms with van der Waals surface area (Å²) in [6.45, 7) is 2.42. The molecule has 5 heteroatoms. The van der Waals surface area contributed by atoms with Gasteiger partial charge < -0.3 is 9.47 Å². The number of ether oxygens (including phenoxy) is 2. The van der Waals surface area contributed by atoms with Crippen LogP contribution < -0.4 is 9.64 Å². The number of nitrogens with zero attached hydrogens (tertiary/aromatic N) is 1. The summed E-state index contributed by atoms with van der Waals surface area (Å²) in [4.78, 5) is 13.5. The van der Waals surface area contributed by atoms with Crippen molar-refractivity contribution < 1.29 is 14.3 Å². The molecule has 0 spiro atoms. The molecule has 104 valence electrons. The first-order valence-corrected chi connectivity index (χ1v) is 6.85. The van der Waals surface area contributed by atoms with Gasteiger partial charge in [0.2, 0.25) is 0 Å². The molecule has 19 heavy (non-hydrogen) atoms. The van der Waals surface area contributed by atoms with Gasteiger partial charge in [-0.25, -0.2) is 4.79 Å². The van der Waals surface area contributed by atoms with Crippen molar-refractivity contribution in [3.05, 3.63) is 24.3 Å². The number of hydrogen-bond donors (Lipinski definition) is 0. The molecule has 1 aliphatic heterocycles. The van der Waals surface area contributed by atoms with Gasteiger partial charge in [-0.15, -0.1) is 11.6 Å². The lowest BCUT2D eigenvalue weighted by atomic mass is 10.1. The van der Waals surface area contributed by atoms with E-state index in [0.29, 0.717) is 6.61 Å². The standard InChI is InChI=1S/C14H18ClNO3/c1-3-4-12(15)13-9-19-14(17)16(13)10-5-7-11(18-2)8-6-10/h5-8,12-13H,3-4,9H2,1-2H3/t12-,13+/m0/s1. The molecule has 2 rings (SSSR count). The molecule has 1 aliphatic rings. The molecular weight excluding hydrogens is 266 g/mol. The second kappa shape index (κ2) is 6.15. The molecule has 2 atom stereocenters. The maximum atomic E-state index is 11.9. The highest BCUT2D eigenvalue weighted by molar-refractivity contribution is 6.21. The van der Waals surface area contributed by atoms with Crippen LogP contribution in [-0.2, 0) is 4.74 Å². The third-order valence-corrected chi connectivity index (χ3v) is 3.75. The topological polar surface area (TPSA) is 38.8 Å². The van der Waals surface area contributed by atoms with E-state index >= 15 is 0 Å². The Balaban J connectivity index is 2.20. The Kier molecular flexibility index (Phi) is 4.53. The Morgan fingerprint density at radius 2 is 2.16 bits per heavy atom. The number of amides is 1. The van der Waals surface area contributed by atoms with Gasteiger partial charge in [0.15, 0.2) is 0 Å². The van der Waals surface area contributed by atoms with Crippen LogP contribution >= 0.6 is 11.6 Å². The number of carbonyl (C=O) groups excluding carboxylic acids is 1. The summed E-state index contributed by atoms with van der Waals surface area (Å²) >= 11 is 6.36. The number of carbonyl (C=O) groups is 1. The summed E-state index contributed by atoms with van der Waals surface area (Å²) in [6, 6.07) is 7.21. The lowest BCUT2D eigenvalue weighted by Crippen LogP contribution is -2.39. The van der Waals surface area contributed by atoms with Crippen molar-refractivity contribution in [2.75, 3.05) is 18.6 Å². The van der Waals surface area contributed by atoms with Gasteiger partial charge >= 0.3 is 6.09 Å². The van der Waals surface area contributed by atoms with Crippen molar-refractivity contribution in [3.8, 4) is 5.75 Å². The fourth-order valence-electron chi connectivity index (χ4n) is 2.21. The summed E-state index contributed by atoms with van der Waals surface area (Å²) in [6.07, 6.45) is 1.50. The fraction of sp³-hybridized carbons (Fsp3) is 0.500. The van der Waals surface area contributed by atoms with Crippen LogP contribution in [-0.4, -0.2) is 31.2 Å². The van der Waals surface area contributed by atoms with Gasteiger partial charge in [-0.3, -0.25) is 4.90 Å². The Morgan fingerprint density at radius 3 is 2.74 bits per heavy atom. The second-order valence-electron chi connectivity index (χ2n) is 4.52. The van der Waals surface area contributed by atoms with Crippen molar-refractivity contribution in [2.24, 2.45) is 0 Å². The minimum atomic E-state index is -0.336. The third kappa shape index (κ3) is 2.95. The van der Waals surface area contributed by atoms with Gasteiger partial charge in [-0.2, -0.15) is 0 Å². The van der Waals surface area contributed by atoms with Gasteiger partial charge in [-0.05, 0) is 30.7 Å². The minimum Gasteiger partial charge on any atom is -0.497 e. The van der Waals surface area contributed by atoms with E-state index in [1.807, 2.05) is 24.3 Å². The molecule has 0 aliphatic carbocycles. The number of hydrogen-bond acceptors (Lipinski definition) is 3. The predicted molar refractivity (Wildman–Crippen MR) is 75.2 cm³/mol. The Morgan fingerprint density at radius 1 is 1.47 bits per heavy atom. The molecule has 4 nitrogen and oxygen atoms in total. The monoisotopic (exact) mass is 283 g/mol. The van der Waals surface area contributed by atoms with E-state index in [2.05, 4.69) is 6.92 Å². The number of rotatable bonds is 5. The molecule has 0 bridgehead atoms. The van der Waals surface area contributed by atoms with E-state index in [0.717, 1.165) is 24.3 Å². The van der Waals surface area contributed by atoms with Gasteiger partial charge in [0.1, 0.15) is 12.4 Å². The Labute approximate surface area is 118 Å². The molecule has 1 amide bonds. The van der Waals surface area contributed by atoms with Crippen molar-refractivity contribution in [1.82, 2.24) is 0 Å². The zero-order valence-electron chi connectivity index (χ0n) is 11.1. The number of cyclic esters (lactones) is 1. The molecule has 1 heterocycles. The normalized spacial score (nSPS) is 20.3. The highest BCUT2D eigenvalue weighted by atomic mass is 35.5. The lowest BCUT2D eigenvalue weighted by Gasteiger charge is -2.25. The van der Waals surface area contributed by atoms with E-state index in [-0.39, 0.29) is 17.5 Å². The van der Waals surface area contributed by atoms with Gasteiger partial charge in [0.05, 0.1) is 18.5 Å². The summed E-state index contributed by atoms with van der Waals surface area (Å²) in [7, 11) is 1.61. The maximum Gasteiger partial charge on any atom is 0.414 e. The highest BCUT2D eigenvalue weighted by Gasteiger charge is 2.38. The number of halogens is 1. The largest absolute Gasteiger partial charge is 0.497 e. The van der Waals surface area contributed by atoms with Crippen molar-refractivity contribution in [1.29, 1.82) is 0 Å². The third-order valence-electron chi connectivity index (χ3n) is 3.24. The fourth-order valence-corrected chi connectivity index (χ4v) is 2.61. The highest BCUT2D eigenvalue weighted by Crippen LogP contribution is 2.29. The number of methoxy groups -OCH3 is 1. The molecule has 1 aromatic carbocycles. The molecular formula is C14H18ClNO3. The summed E-state index contributed by atoms with van der Waals surface area (Å²) in [5.74, 6) is 0.754. The molecule has 0 saturated carbocycles. The first-order valence-electron chi connectivity index (χ1n) is 6.41. The first kappa shape index (κ1) is 14.0. The van der Waals surface area contributed by atoms with Crippen LogP contribution in [0.15, 0.2) is 24.3 Å². The summed E-state index contributed by atoms with van der Waals surface area (Å²) in [5.41, 5.74) is 0.787. The van der Waals surface area contributed by atoms with Crippen LogP contribution in [0.4, 0.5) is 10.5 Å². The molecule has 1 saturated heterocycles. The Hall–Kier alpha value is -1.42. The Bertz CT molecular complexity index is 435. The van der Waals surface area contributed by atoms with E-state index < -0.39 is 0 Å². The summed E-state index contributed by atoms with van der Waals surface area (Å²) in [5, 5.41) is -0.0986. The quantitative estimate of drug-likeness (QED) is 0.777. The molecule has 1 fully saturated rings. The number of anilines is 1. The number of alkyl halides is 1. The zero-order chi connectivity index (χ0) is 13.8. The molecule has 0 N–H and O–H groups in total. The maximum absolute atomic E-state index is 11.9. The second-order valence-corrected chi connectivity index (χ2v) is 5.08. The lowest BCUT2D eigenvalue weighted by molar-refractivity contribution is 0.178. The predicted octanol–water partition coefficient (Wildman–Crippen LogP) is 3.43. The van der Waals surface area contributed by atoms with Crippen molar-refractivity contribution >= 4 is 23.4 Å². The zero-order valence-corrected chi connectivity index (χ0v) is 11.9. The van der Waals surface area contributed by atoms with E-state index in [1.54, 1.807) is 12.0 Å². The van der Waals surface area contributed by atoms with Gasteiger partial charge in [0.25, 0.3) is 0 Å². The van der Waals surface area contributed by atoms with Crippen molar-refractivity contribution in [2.45, 2.75) is 31.2 Å². The minimum absolute atomic E-state index is 0.0986. The molecule has 0 unspecified atom stereocenters. The number of benzene rings is 1. The summed E-state index contributed by atoms with van der Waals surface area (Å²) < 4.78 is 10.2. The first-order chi connectivity index (χ1) is 9.17. The van der Waals surface area contributed by atoms with Crippen LogP contribution in [0.1, 0.15) is 19.8 Å². The molecule has 1 aromatic rings. The van der Waals surface area contributed by atoms with E-state index in [9.17, 15) is 4.79 Å². The van der Waals surface area contributed by atoms with Crippen LogP contribution in [0.25, 0.3) is 0 Å². The average Bonchev–Trinajstić information content (AvgIpc) is 2.81. The van der Waals surface area contributed by atoms with Crippen LogP contribution in [0.2, 0.25) is 0 Å². The van der Waals surface area contributed by atoms with Gasteiger partial charge in [0, 0.05) is 5.69 Å². The van der Waals surface area contributed by atoms with Crippen LogP contribution in [0.3, 0.4) is 0 Å². The van der Waals surface area contributed by atoms with E-state index in [4.69, 9.17) is 21.1 Å². The molecule has 0 aromatic heterocycles. The van der Waals surface area contributed by atoms with Crippen LogP contribution in [0, 0.1) is 0 Å². The average molecular weight is 284 g/mol. The van der Waals surface area contributed by atoms with E-state index in [1.165, 1.54) is 0 Å². The van der Waals surface area contributed by atoms with Gasteiger partial charge in [-0.1, -0.05) is 13.3 Å². The molecule has 0 radical (unpaired) electrons. The SMILES string of the molecule is CCC[C@H](Cl)[C@H]1COC(=O)N1c1ccc(OC)cc1. The van der Waals surface area contributed by atoms with Crippen molar-refractivity contribution in [3.63, 3.8) is 0 Å². The smallest absolute Gasteiger partial charge is 0.414 e.